The van der Waals surface area contributed by atoms with E-state index in [-0.39, 0.29) is 25.5 Å². The van der Waals surface area contributed by atoms with Crippen LogP contribution in [0.3, 0.4) is 0 Å². The normalized spacial score (nSPS) is 14.8. The first kappa shape index (κ1) is 24.6. The summed E-state index contributed by atoms with van der Waals surface area (Å²) in [5, 5.41) is 9.49. The molecular weight excluding hydrogens is 538 g/mol. The van der Waals surface area contributed by atoms with Gasteiger partial charge in [0.25, 0.3) is 5.91 Å². The number of halogens is 2. The van der Waals surface area contributed by atoms with Crippen LogP contribution in [-0.4, -0.2) is 39.4 Å². The second kappa shape index (κ2) is 11.2. The SMILES string of the molecule is CCOc1cc(/C=C2\SC(=S)N(CCC(=O)O)C2=O)cc(Br)c1OCc1ccccc1Cl. The Balaban J connectivity index is 1.84. The minimum atomic E-state index is -0.985. The van der Waals surface area contributed by atoms with Crippen LogP contribution < -0.4 is 9.47 Å². The van der Waals surface area contributed by atoms with Gasteiger partial charge in [0.05, 0.1) is 22.4 Å². The summed E-state index contributed by atoms with van der Waals surface area (Å²) < 4.78 is 12.7. The number of carbonyl (C=O) groups is 2. The number of amides is 1. The first-order valence-electron chi connectivity index (χ1n) is 9.59. The van der Waals surface area contributed by atoms with E-state index in [0.29, 0.717) is 42.4 Å². The quantitative estimate of drug-likeness (QED) is 0.311. The summed E-state index contributed by atoms with van der Waals surface area (Å²) in [6.45, 7) is 2.60. The maximum absolute atomic E-state index is 12.7. The third-order valence-corrected chi connectivity index (χ3v) is 6.72. The Hall–Kier alpha value is -2.07. The molecular formula is C22H19BrClNO5S2. The number of thiocarbonyl (C=S) groups is 1. The van der Waals surface area contributed by atoms with E-state index in [1.54, 1.807) is 18.2 Å². The van der Waals surface area contributed by atoms with Crippen molar-refractivity contribution in [2.45, 2.75) is 20.0 Å². The van der Waals surface area contributed by atoms with E-state index >= 15 is 0 Å². The first-order chi connectivity index (χ1) is 15.3. The van der Waals surface area contributed by atoms with Crippen LogP contribution in [0.2, 0.25) is 5.02 Å². The van der Waals surface area contributed by atoms with E-state index in [1.165, 1.54) is 4.90 Å². The van der Waals surface area contributed by atoms with E-state index in [0.717, 1.165) is 17.3 Å². The van der Waals surface area contributed by atoms with Crippen molar-refractivity contribution in [1.29, 1.82) is 0 Å². The zero-order valence-corrected chi connectivity index (χ0v) is 20.9. The lowest BCUT2D eigenvalue weighted by atomic mass is 10.1. The Labute approximate surface area is 208 Å². The van der Waals surface area contributed by atoms with Crippen LogP contribution in [0.15, 0.2) is 45.8 Å². The van der Waals surface area contributed by atoms with Crippen LogP contribution >= 0.6 is 51.5 Å². The van der Waals surface area contributed by atoms with Gasteiger partial charge in [0.2, 0.25) is 0 Å². The van der Waals surface area contributed by atoms with Crippen molar-refractivity contribution in [2.75, 3.05) is 13.2 Å². The molecule has 168 valence electrons. The standard InChI is InChI=1S/C22H19BrClNO5S2/c1-2-29-17-10-13(11-18-21(28)25(22(31)32-18)8-7-19(26)27)9-15(23)20(17)30-12-14-5-3-4-6-16(14)24/h3-6,9-11H,2,7-8,12H2,1H3,(H,26,27)/b18-11-. The molecule has 1 amide bonds. The molecule has 32 heavy (non-hydrogen) atoms. The molecule has 1 N–H and O–H groups in total. The van der Waals surface area contributed by atoms with Crippen molar-refractivity contribution in [3.63, 3.8) is 0 Å². The number of rotatable bonds is 9. The number of carbonyl (C=O) groups excluding carboxylic acids is 1. The molecule has 1 aliphatic heterocycles. The van der Waals surface area contributed by atoms with Crippen molar-refractivity contribution in [3.8, 4) is 11.5 Å². The fourth-order valence-corrected chi connectivity index (χ4v) is 4.96. The van der Waals surface area contributed by atoms with Gasteiger partial charge in [0.15, 0.2) is 11.5 Å². The summed E-state index contributed by atoms with van der Waals surface area (Å²) in [5.74, 6) is -0.255. The minimum Gasteiger partial charge on any atom is -0.490 e. The summed E-state index contributed by atoms with van der Waals surface area (Å²) >= 11 is 16.1. The highest BCUT2D eigenvalue weighted by Crippen LogP contribution is 2.40. The number of aliphatic carboxylic acids is 1. The van der Waals surface area contributed by atoms with Crippen molar-refractivity contribution in [3.05, 3.63) is 61.9 Å². The van der Waals surface area contributed by atoms with Crippen LogP contribution in [0.5, 0.6) is 11.5 Å². The molecule has 1 aliphatic rings. The van der Waals surface area contributed by atoms with Gasteiger partial charge in [-0.2, -0.15) is 0 Å². The molecule has 1 heterocycles. The number of nitrogens with zero attached hydrogens (tertiary/aromatic N) is 1. The van der Waals surface area contributed by atoms with Gasteiger partial charge in [-0.1, -0.05) is 53.8 Å². The van der Waals surface area contributed by atoms with E-state index < -0.39 is 5.97 Å². The van der Waals surface area contributed by atoms with Crippen LogP contribution in [0.25, 0.3) is 6.08 Å². The van der Waals surface area contributed by atoms with Gasteiger partial charge in [0.1, 0.15) is 10.9 Å². The summed E-state index contributed by atoms with van der Waals surface area (Å²) in [5.41, 5.74) is 1.56. The Kier molecular flexibility index (Phi) is 8.58. The molecule has 0 aromatic heterocycles. The zero-order valence-electron chi connectivity index (χ0n) is 17.0. The number of carboxylic acid groups (broad SMARTS) is 1. The Bertz CT molecular complexity index is 1090. The molecule has 0 unspecified atom stereocenters. The number of carboxylic acids is 1. The highest BCUT2D eigenvalue weighted by atomic mass is 79.9. The lowest BCUT2D eigenvalue weighted by Gasteiger charge is -2.15. The number of ether oxygens (including phenoxy) is 2. The predicted octanol–water partition coefficient (Wildman–Crippen LogP) is 5.76. The maximum atomic E-state index is 12.7. The van der Waals surface area contributed by atoms with Gasteiger partial charge in [-0.25, -0.2) is 0 Å². The fourth-order valence-electron chi connectivity index (χ4n) is 2.89. The number of benzene rings is 2. The van der Waals surface area contributed by atoms with Gasteiger partial charge in [-0.05, 0) is 52.7 Å². The first-order valence-corrected chi connectivity index (χ1v) is 12.0. The Morgan fingerprint density at radius 3 is 2.75 bits per heavy atom. The third kappa shape index (κ3) is 6.04. The Morgan fingerprint density at radius 1 is 1.31 bits per heavy atom. The van der Waals surface area contributed by atoms with E-state index in [4.69, 9.17) is 38.4 Å². The van der Waals surface area contributed by atoms with Gasteiger partial charge in [0, 0.05) is 17.1 Å². The average Bonchev–Trinajstić information content (AvgIpc) is 2.99. The molecule has 3 rings (SSSR count). The highest BCUT2D eigenvalue weighted by Gasteiger charge is 2.32. The summed E-state index contributed by atoms with van der Waals surface area (Å²) in [7, 11) is 0. The van der Waals surface area contributed by atoms with Crippen LogP contribution in [0, 0.1) is 0 Å². The lowest BCUT2D eigenvalue weighted by molar-refractivity contribution is -0.137. The van der Waals surface area contributed by atoms with Crippen molar-refractivity contribution < 1.29 is 24.2 Å². The second-order valence-corrected chi connectivity index (χ2v) is 9.56. The lowest BCUT2D eigenvalue weighted by Crippen LogP contribution is -2.30. The van der Waals surface area contributed by atoms with E-state index in [9.17, 15) is 9.59 Å². The summed E-state index contributed by atoms with van der Waals surface area (Å²) in [6.07, 6.45) is 1.53. The minimum absolute atomic E-state index is 0.0417. The van der Waals surface area contributed by atoms with E-state index in [2.05, 4.69) is 15.9 Å². The molecule has 2 aromatic rings. The zero-order chi connectivity index (χ0) is 23.3. The smallest absolute Gasteiger partial charge is 0.305 e. The molecule has 6 nitrogen and oxygen atoms in total. The topological polar surface area (TPSA) is 76.1 Å². The van der Waals surface area contributed by atoms with Crippen molar-refractivity contribution in [1.82, 2.24) is 4.90 Å². The van der Waals surface area contributed by atoms with Crippen molar-refractivity contribution in [2.24, 2.45) is 0 Å². The predicted molar refractivity (Wildman–Crippen MR) is 133 cm³/mol. The van der Waals surface area contributed by atoms with Crippen LogP contribution in [0.1, 0.15) is 24.5 Å². The molecule has 0 radical (unpaired) electrons. The van der Waals surface area contributed by atoms with E-state index in [1.807, 2.05) is 31.2 Å². The number of hydrogen-bond acceptors (Lipinski definition) is 6. The molecule has 0 bridgehead atoms. The molecule has 2 aromatic carbocycles. The number of hydrogen-bond donors (Lipinski definition) is 1. The van der Waals surface area contributed by atoms with Gasteiger partial charge < -0.3 is 14.6 Å². The summed E-state index contributed by atoms with van der Waals surface area (Å²) in [6, 6.07) is 11.0. The van der Waals surface area contributed by atoms with Gasteiger partial charge >= 0.3 is 5.97 Å². The molecule has 1 fully saturated rings. The fraction of sp³-hybridized carbons (Fsp3) is 0.227. The molecule has 10 heteroatoms. The van der Waals surface area contributed by atoms with Crippen LogP contribution in [-0.2, 0) is 16.2 Å². The molecule has 1 saturated heterocycles. The summed E-state index contributed by atoms with van der Waals surface area (Å²) in [4.78, 5) is 25.2. The number of thioether (sulfide) groups is 1. The largest absolute Gasteiger partial charge is 0.490 e. The second-order valence-electron chi connectivity index (χ2n) is 6.62. The molecule has 0 aliphatic carbocycles. The Morgan fingerprint density at radius 2 is 2.06 bits per heavy atom. The monoisotopic (exact) mass is 555 g/mol. The molecule has 0 atom stereocenters. The van der Waals surface area contributed by atoms with Crippen molar-refractivity contribution >= 4 is 73.8 Å². The average molecular weight is 557 g/mol. The van der Waals surface area contributed by atoms with Crippen LogP contribution in [0.4, 0.5) is 0 Å². The maximum Gasteiger partial charge on any atom is 0.305 e. The highest BCUT2D eigenvalue weighted by molar-refractivity contribution is 9.10. The third-order valence-electron chi connectivity index (χ3n) is 4.38. The van der Waals surface area contributed by atoms with Gasteiger partial charge in [-0.15, -0.1) is 0 Å². The van der Waals surface area contributed by atoms with Gasteiger partial charge in [-0.3, -0.25) is 14.5 Å². The molecule has 0 spiro atoms. The molecule has 0 saturated carbocycles.